The molecule has 5 N–H and O–H groups in total. The van der Waals surface area contributed by atoms with Crippen LogP contribution in [0, 0.1) is 6.92 Å². The van der Waals surface area contributed by atoms with Crippen LogP contribution in [0.5, 0.6) is 28.7 Å². The monoisotopic (exact) mass is 1280 g/mol. The summed E-state index contributed by atoms with van der Waals surface area (Å²) < 4.78 is 51.0. The molecule has 1 aliphatic heterocycles. The van der Waals surface area contributed by atoms with Crippen molar-refractivity contribution in [1.29, 1.82) is 0 Å². The maximum Gasteiger partial charge on any atom is 0.320 e. The van der Waals surface area contributed by atoms with E-state index in [9.17, 15) is 13.8 Å². The van der Waals surface area contributed by atoms with Crippen molar-refractivity contribution in [3.05, 3.63) is 144 Å². The summed E-state index contributed by atoms with van der Waals surface area (Å²) in [5.41, 5.74) is 8.61. The third kappa shape index (κ3) is 22.1. The summed E-state index contributed by atoms with van der Waals surface area (Å²) in [6.45, 7) is 5.46. The molecular weight excluding hydrogens is 1190 g/mol. The van der Waals surface area contributed by atoms with Gasteiger partial charge in [0.15, 0.2) is 0 Å². The number of nitrogens with one attached hydrogen (secondary N) is 2. The van der Waals surface area contributed by atoms with Gasteiger partial charge in [-0.25, -0.2) is 8.93 Å². The number of unbranched alkanes of at least 4 members (excludes halogenated alkanes) is 1. The number of carboxylic acid groups (broad SMARTS) is 1. The van der Waals surface area contributed by atoms with Crippen LogP contribution < -0.4 is 39.6 Å². The first kappa shape index (κ1) is 71.5. The van der Waals surface area contributed by atoms with E-state index in [0.717, 1.165) is 5.56 Å². The zero-order valence-electron chi connectivity index (χ0n) is 53.3. The minimum atomic E-state index is -3.31. The largest absolute Gasteiger partial charge is 0.497 e. The first-order valence-electron chi connectivity index (χ1n) is 30.3. The van der Waals surface area contributed by atoms with Crippen LogP contribution in [0.1, 0.15) is 94.1 Å². The summed E-state index contributed by atoms with van der Waals surface area (Å²) in [7, 11) is 1.07. The molecule has 1 heterocycles. The minimum Gasteiger partial charge on any atom is -0.497 e. The van der Waals surface area contributed by atoms with Crippen LogP contribution >= 0.6 is 0 Å². The van der Waals surface area contributed by atoms with Crippen LogP contribution in [0.2, 0.25) is 0 Å². The van der Waals surface area contributed by atoms with Gasteiger partial charge in [0.25, 0.3) is 0 Å². The fourth-order valence-corrected chi connectivity index (χ4v) is 11.1. The number of aryl methyl sites for hydroxylation is 1. The molecule has 0 radical (unpaired) electrons. The maximum absolute atomic E-state index is 15.7. The molecule has 0 saturated carbocycles. The van der Waals surface area contributed by atoms with Crippen LogP contribution in [0.4, 0.5) is 5.69 Å². The number of carboxylic acids is 1. The number of anilines is 1. The van der Waals surface area contributed by atoms with E-state index in [0.29, 0.717) is 46.8 Å². The van der Waals surface area contributed by atoms with Crippen molar-refractivity contribution in [2.45, 2.75) is 103 Å². The zero-order valence-corrected chi connectivity index (χ0v) is 54.2. The van der Waals surface area contributed by atoms with Crippen molar-refractivity contribution in [2.75, 3.05) is 91.8 Å². The molecule has 6 rings (SSSR count). The Morgan fingerprint density at radius 3 is 1.96 bits per heavy atom. The minimum absolute atomic E-state index is 0.0199. The van der Waals surface area contributed by atoms with E-state index in [1.807, 2.05) is 81.4 Å². The summed E-state index contributed by atoms with van der Waals surface area (Å²) in [5, 5.41) is 12.0. The highest BCUT2D eigenvalue weighted by Crippen LogP contribution is 2.32. The molecule has 23 nitrogen and oxygen atoms in total. The number of para-hydroxylation sites is 2. The van der Waals surface area contributed by atoms with E-state index in [2.05, 4.69) is 15.9 Å². The van der Waals surface area contributed by atoms with E-state index in [1.165, 1.54) is 52.8 Å². The molecule has 0 spiro atoms. The van der Waals surface area contributed by atoms with Crippen molar-refractivity contribution in [3.63, 3.8) is 0 Å². The highest BCUT2D eigenvalue weighted by atomic mass is 32.2. The van der Waals surface area contributed by atoms with Gasteiger partial charge in [0.2, 0.25) is 35.4 Å². The number of aliphatic carboxylic acids is 1. The van der Waals surface area contributed by atoms with Gasteiger partial charge in [-0.1, -0.05) is 84.8 Å². The van der Waals surface area contributed by atoms with Crippen molar-refractivity contribution < 1.29 is 70.7 Å². The van der Waals surface area contributed by atoms with Gasteiger partial charge in [0.05, 0.1) is 65.0 Å². The SMILES string of the molecule is C=S(=O)(NCCCC[C@H](N)C(=O)O)OCCC[C@@H](c1ccc(C)cc1)N1CC(=O)N[C@H](C)C(=O)N(CCc2ccccc2Oc2ccccc2)CC(=O)N(c2cc(OC)cc(OC)c2)CC(=O)N(CCOC(C)C)CC(=O)N([C@@H](C)c2ccc(OC)cc2)CC1=O. The van der Waals surface area contributed by atoms with E-state index in [1.54, 1.807) is 67.6 Å². The molecule has 492 valence electrons. The molecule has 0 bridgehead atoms. The lowest BCUT2D eigenvalue weighted by Gasteiger charge is -2.37. The summed E-state index contributed by atoms with van der Waals surface area (Å²) in [5.74, 6) is 0.646. The molecule has 24 heteroatoms. The van der Waals surface area contributed by atoms with Crippen LogP contribution in [0.15, 0.2) is 121 Å². The van der Waals surface area contributed by atoms with Gasteiger partial charge < -0.3 is 64.3 Å². The van der Waals surface area contributed by atoms with Crippen LogP contribution in [0.3, 0.4) is 0 Å². The lowest BCUT2D eigenvalue weighted by molar-refractivity contribution is -0.148. The number of amides is 6. The molecule has 0 aromatic heterocycles. The van der Waals surface area contributed by atoms with Crippen LogP contribution in [-0.4, -0.2) is 181 Å². The van der Waals surface area contributed by atoms with Crippen molar-refractivity contribution in [2.24, 2.45) is 5.73 Å². The average Bonchev–Trinajstić information content (AvgIpc) is 1.89. The number of carbonyl (C=O) groups excluding carboxylic acids is 6. The molecule has 5 atom stereocenters. The van der Waals surface area contributed by atoms with E-state index < -0.39 is 108 Å². The lowest BCUT2D eigenvalue weighted by atomic mass is 9.98. The smallest absolute Gasteiger partial charge is 0.320 e. The highest BCUT2D eigenvalue weighted by molar-refractivity contribution is 7.94. The second kappa shape index (κ2) is 35.2. The van der Waals surface area contributed by atoms with Gasteiger partial charge in [-0.05, 0) is 120 Å². The Kier molecular flexibility index (Phi) is 27.6. The molecule has 6 amide bonds. The van der Waals surface area contributed by atoms with E-state index in [-0.39, 0.29) is 81.8 Å². The van der Waals surface area contributed by atoms with Crippen molar-refractivity contribution >= 4 is 63.0 Å². The second-order valence-electron chi connectivity index (χ2n) is 22.4. The second-order valence-corrected chi connectivity index (χ2v) is 24.2. The summed E-state index contributed by atoms with van der Waals surface area (Å²) >= 11 is 0. The number of nitrogens with zero attached hydrogens (tertiary/aromatic N) is 5. The molecular formula is C67H88N8O15S. The first-order valence-corrected chi connectivity index (χ1v) is 32.0. The number of hydrogen-bond acceptors (Lipinski definition) is 15. The topological polar surface area (TPSA) is 278 Å². The fraction of sp³-hybridized carbons (Fsp3) is 0.433. The van der Waals surface area contributed by atoms with Crippen molar-refractivity contribution in [3.8, 4) is 28.7 Å². The molecule has 5 aromatic rings. The van der Waals surface area contributed by atoms with E-state index in [4.69, 9.17) is 38.7 Å². The molecule has 91 heavy (non-hydrogen) atoms. The quantitative estimate of drug-likeness (QED) is 0.0288. The predicted octanol–water partition coefficient (Wildman–Crippen LogP) is 6.66. The zero-order chi connectivity index (χ0) is 66.2. The van der Waals surface area contributed by atoms with Gasteiger partial charge in [-0.15, -0.1) is 0 Å². The Bertz CT molecular complexity index is 3310. The van der Waals surface area contributed by atoms with E-state index >= 15 is 24.0 Å². The maximum atomic E-state index is 15.7. The summed E-state index contributed by atoms with van der Waals surface area (Å²) in [6, 6.07) is 31.3. The molecule has 0 aliphatic carbocycles. The summed E-state index contributed by atoms with van der Waals surface area (Å²) in [4.78, 5) is 110. The number of benzene rings is 5. The Hall–Kier alpha value is -8.55. The average molecular weight is 1280 g/mol. The number of hydrogen-bond donors (Lipinski definition) is 4. The fourth-order valence-electron chi connectivity index (χ4n) is 10.2. The number of carbonyl (C=O) groups is 7. The molecule has 1 saturated heterocycles. The highest BCUT2D eigenvalue weighted by Gasteiger charge is 2.36. The van der Waals surface area contributed by atoms with Gasteiger partial charge in [-0.3, -0.25) is 37.7 Å². The standard InChI is InChI=1S/C67H88N8O15S/c1-46(2)88-37-35-71-42-63(78)73(49(5)50-28-30-54(85-6)31-29-50)45-65(80)75(59(51-26-24-47(3)25-27-51)22-17-36-89-91(9,84)69-33-16-15-21-58(68)67(82)83)41-61(76)70-48(4)66(81)72(34-32-52-18-13-14-23-60(52)90-55-19-11-10-12-20-55)43-64(79)74(44-62(71)77)53-38-56(86-7)40-57(39-53)87-8/h10-14,18-20,23-31,38-40,46,48-49,58-59H,9,15-17,21-22,32-37,41-45,68H2,1-8H3,(H,69,84)(H,70,76)(H,82,83)/t48-,49+,58+,59+,91?/m1/s1. The van der Waals surface area contributed by atoms with Crippen LogP contribution in [0.25, 0.3) is 0 Å². The van der Waals surface area contributed by atoms with Gasteiger partial charge in [-0.2, -0.15) is 0 Å². The predicted molar refractivity (Wildman–Crippen MR) is 347 cm³/mol. The van der Waals surface area contributed by atoms with Gasteiger partial charge >= 0.3 is 5.97 Å². The Morgan fingerprint density at radius 2 is 1.31 bits per heavy atom. The Balaban J connectivity index is 1.45. The van der Waals surface area contributed by atoms with Gasteiger partial charge in [0.1, 0.15) is 77.0 Å². The van der Waals surface area contributed by atoms with Crippen LogP contribution in [-0.2, 0) is 58.9 Å². The molecule has 1 fully saturated rings. The third-order valence-corrected chi connectivity index (χ3v) is 16.5. The molecule has 1 unspecified atom stereocenters. The Morgan fingerprint density at radius 1 is 0.681 bits per heavy atom. The molecule has 5 aromatic carbocycles. The number of rotatable bonds is 29. The lowest BCUT2D eigenvalue weighted by Crippen LogP contribution is -2.55. The number of nitrogens with two attached hydrogens (primary N) is 1. The number of ether oxygens (including phenoxy) is 5. The van der Waals surface area contributed by atoms with Crippen molar-refractivity contribution in [1.82, 2.24) is 29.6 Å². The first-order chi connectivity index (χ1) is 43.5. The van der Waals surface area contributed by atoms with Gasteiger partial charge in [0, 0.05) is 37.8 Å². The molecule has 1 aliphatic rings. The summed E-state index contributed by atoms with van der Waals surface area (Å²) in [6.07, 6.45) is 1.30. The Labute approximate surface area is 534 Å². The normalized spacial score (nSPS) is 16.8. The number of methoxy groups -OCH3 is 3. The third-order valence-electron chi connectivity index (χ3n) is 15.4.